The fourth-order valence-corrected chi connectivity index (χ4v) is 7.42. The molecule has 0 unspecified atom stereocenters. The zero-order chi connectivity index (χ0) is 19.0. The Kier molecular flexibility index (Phi) is 3.20. The van der Waals surface area contributed by atoms with Crippen molar-refractivity contribution in [3.05, 3.63) is 67.0 Å². The Hall–Kier alpha value is -2.61. The average molecular weight is 380 g/mol. The Balaban J connectivity index is 1.31. The summed E-state index contributed by atoms with van der Waals surface area (Å²) in [5.74, 6) is 2.94. The maximum Gasteiger partial charge on any atom is 0.169 e. The smallest absolute Gasteiger partial charge is 0.169 e. The molecule has 2 nitrogen and oxygen atoms in total. The molecule has 2 heterocycles. The topological polar surface area (TPSA) is 19.7 Å². The van der Waals surface area contributed by atoms with Crippen LogP contribution in [0.3, 0.4) is 0 Å². The predicted molar refractivity (Wildman–Crippen MR) is 118 cm³/mol. The van der Waals surface area contributed by atoms with E-state index < -0.39 is 0 Å². The third-order valence-electron chi connectivity index (χ3n) is 8.24. The van der Waals surface area contributed by atoms with Crippen LogP contribution in [0.25, 0.3) is 32.9 Å². The summed E-state index contributed by atoms with van der Waals surface area (Å²) in [6.07, 6.45) is 13.5. The minimum absolute atomic E-state index is 0.403. The van der Waals surface area contributed by atoms with Crippen molar-refractivity contribution in [2.45, 2.75) is 44.1 Å². The van der Waals surface area contributed by atoms with Gasteiger partial charge in [-0.3, -0.25) is 0 Å². The Morgan fingerprint density at radius 2 is 1.38 bits per heavy atom. The molecule has 0 atom stereocenters. The molecular weight excluding hydrogens is 352 g/mol. The Morgan fingerprint density at radius 3 is 2.10 bits per heavy atom. The van der Waals surface area contributed by atoms with Gasteiger partial charge in [0.1, 0.15) is 0 Å². The van der Waals surface area contributed by atoms with Crippen molar-refractivity contribution in [3.8, 4) is 11.1 Å². The van der Waals surface area contributed by atoms with Crippen LogP contribution in [0, 0.1) is 17.8 Å². The predicted octanol–water partition coefficient (Wildman–Crippen LogP) is 6.20. The van der Waals surface area contributed by atoms with E-state index in [2.05, 4.69) is 76.5 Å². The SMILES string of the molecule is c1ccc2c(c1)[nH]c1c(-c3cc[n+](C45CC6CC(CC(C6)C4)C5)cc3)cccc12. The van der Waals surface area contributed by atoms with Gasteiger partial charge in [-0.1, -0.05) is 36.4 Å². The van der Waals surface area contributed by atoms with Crippen LogP contribution in [0.5, 0.6) is 0 Å². The van der Waals surface area contributed by atoms with E-state index >= 15 is 0 Å². The molecule has 0 spiro atoms. The quantitative estimate of drug-likeness (QED) is 0.400. The summed E-state index contributed by atoms with van der Waals surface area (Å²) >= 11 is 0. The van der Waals surface area contributed by atoms with Gasteiger partial charge in [0.2, 0.25) is 0 Å². The number of aromatic nitrogens is 2. The van der Waals surface area contributed by atoms with Gasteiger partial charge in [-0.25, -0.2) is 0 Å². The number of hydrogen-bond acceptors (Lipinski definition) is 0. The molecule has 0 radical (unpaired) electrons. The number of para-hydroxylation sites is 2. The van der Waals surface area contributed by atoms with Crippen molar-refractivity contribution in [2.24, 2.45) is 17.8 Å². The van der Waals surface area contributed by atoms with Crippen molar-refractivity contribution >= 4 is 21.8 Å². The van der Waals surface area contributed by atoms with Gasteiger partial charge in [0.15, 0.2) is 17.9 Å². The highest BCUT2D eigenvalue weighted by atomic mass is 15.0. The highest BCUT2D eigenvalue weighted by molar-refractivity contribution is 6.11. The molecule has 4 fully saturated rings. The second-order valence-corrected chi connectivity index (χ2v) is 10.0. The van der Waals surface area contributed by atoms with Gasteiger partial charge in [-0.15, -0.1) is 0 Å². The van der Waals surface area contributed by atoms with Gasteiger partial charge >= 0.3 is 0 Å². The van der Waals surface area contributed by atoms with Gasteiger partial charge in [-0.05, 0) is 48.6 Å². The van der Waals surface area contributed by atoms with Crippen LogP contribution in [0.2, 0.25) is 0 Å². The molecular formula is C27H27N2+. The molecule has 8 rings (SSSR count). The number of H-pyrrole nitrogens is 1. The van der Waals surface area contributed by atoms with Crippen LogP contribution in [0.15, 0.2) is 67.0 Å². The lowest BCUT2D eigenvalue weighted by molar-refractivity contribution is -0.776. The summed E-state index contributed by atoms with van der Waals surface area (Å²) in [7, 11) is 0. The average Bonchev–Trinajstić information content (AvgIpc) is 3.12. The molecule has 4 saturated carbocycles. The normalized spacial score (nSPS) is 30.4. The molecule has 0 aliphatic heterocycles. The van der Waals surface area contributed by atoms with E-state index in [0.29, 0.717) is 5.54 Å². The Bertz CT molecular complexity index is 1200. The number of nitrogens with one attached hydrogen (secondary N) is 1. The highest BCUT2D eigenvalue weighted by Crippen LogP contribution is 2.56. The lowest BCUT2D eigenvalue weighted by Crippen LogP contribution is -2.64. The van der Waals surface area contributed by atoms with Crippen LogP contribution in [-0.4, -0.2) is 4.98 Å². The Morgan fingerprint density at radius 1 is 0.724 bits per heavy atom. The van der Waals surface area contributed by atoms with Gasteiger partial charge in [0.25, 0.3) is 0 Å². The molecule has 4 aromatic rings. The second kappa shape index (κ2) is 5.72. The maximum atomic E-state index is 3.66. The summed E-state index contributed by atoms with van der Waals surface area (Å²) in [6, 6.07) is 20.0. The van der Waals surface area contributed by atoms with Crippen LogP contribution in [0.1, 0.15) is 38.5 Å². The van der Waals surface area contributed by atoms with Crippen molar-refractivity contribution < 1.29 is 4.57 Å². The Labute approximate surface area is 171 Å². The van der Waals surface area contributed by atoms with Crippen molar-refractivity contribution in [1.29, 1.82) is 0 Å². The molecule has 0 saturated heterocycles. The van der Waals surface area contributed by atoms with E-state index in [1.54, 1.807) is 0 Å². The molecule has 0 amide bonds. The summed E-state index contributed by atoms with van der Waals surface area (Å²) in [4.78, 5) is 3.66. The van der Waals surface area contributed by atoms with E-state index in [1.807, 2.05) is 0 Å². The first-order chi connectivity index (χ1) is 14.3. The number of pyridine rings is 1. The van der Waals surface area contributed by atoms with Crippen molar-refractivity contribution in [3.63, 3.8) is 0 Å². The number of aromatic amines is 1. The van der Waals surface area contributed by atoms with Gasteiger partial charge in [-0.2, -0.15) is 4.57 Å². The zero-order valence-corrected chi connectivity index (χ0v) is 16.8. The highest BCUT2D eigenvalue weighted by Gasteiger charge is 2.56. The molecule has 2 aromatic carbocycles. The van der Waals surface area contributed by atoms with E-state index in [9.17, 15) is 0 Å². The molecule has 2 heteroatoms. The van der Waals surface area contributed by atoms with Crippen molar-refractivity contribution in [2.75, 3.05) is 0 Å². The maximum absolute atomic E-state index is 3.66. The number of benzene rings is 2. The standard InChI is InChI=1S/C27H26N2/c1-2-7-25-23(4-1)24-6-3-5-22(26(24)28-25)21-8-10-29(11-9-21)27-15-18-12-19(16-27)14-20(13-18)17-27/h1-11,18-20H,12-17H2/p+1. The van der Waals surface area contributed by atoms with E-state index in [4.69, 9.17) is 0 Å². The minimum atomic E-state index is 0.403. The molecule has 4 aliphatic carbocycles. The summed E-state index contributed by atoms with van der Waals surface area (Å²) in [5.41, 5.74) is 5.48. The van der Waals surface area contributed by atoms with E-state index in [-0.39, 0.29) is 0 Å². The third kappa shape index (κ3) is 2.32. The molecule has 4 bridgehead atoms. The molecule has 29 heavy (non-hydrogen) atoms. The van der Waals surface area contributed by atoms with Gasteiger partial charge in [0.05, 0.1) is 5.52 Å². The lowest BCUT2D eigenvalue weighted by Gasteiger charge is -2.53. The first kappa shape index (κ1) is 16.2. The second-order valence-electron chi connectivity index (χ2n) is 10.0. The number of hydrogen-bond donors (Lipinski definition) is 1. The lowest BCUT2D eigenvalue weighted by atomic mass is 9.53. The summed E-state index contributed by atoms with van der Waals surface area (Å²) in [5, 5.41) is 2.62. The fourth-order valence-electron chi connectivity index (χ4n) is 7.42. The molecule has 2 aromatic heterocycles. The number of nitrogens with zero attached hydrogens (tertiary/aromatic N) is 1. The minimum Gasteiger partial charge on any atom is -0.354 e. The summed E-state index contributed by atoms with van der Waals surface area (Å²) in [6.45, 7) is 0. The van der Waals surface area contributed by atoms with Crippen LogP contribution in [-0.2, 0) is 5.54 Å². The number of rotatable bonds is 2. The first-order valence-corrected chi connectivity index (χ1v) is 11.3. The largest absolute Gasteiger partial charge is 0.354 e. The fraction of sp³-hybridized carbons (Fsp3) is 0.370. The van der Waals surface area contributed by atoms with Crippen molar-refractivity contribution in [1.82, 2.24) is 4.98 Å². The van der Waals surface area contributed by atoms with E-state index in [1.165, 1.54) is 71.5 Å². The zero-order valence-electron chi connectivity index (χ0n) is 16.8. The van der Waals surface area contributed by atoms with Gasteiger partial charge in [0, 0.05) is 53.2 Å². The van der Waals surface area contributed by atoms with E-state index in [0.717, 1.165) is 17.8 Å². The van der Waals surface area contributed by atoms with Gasteiger partial charge < -0.3 is 4.98 Å². The van der Waals surface area contributed by atoms with Crippen LogP contribution >= 0.6 is 0 Å². The molecule has 144 valence electrons. The third-order valence-corrected chi connectivity index (χ3v) is 8.24. The monoisotopic (exact) mass is 379 g/mol. The molecule has 4 aliphatic rings. The first-order valence-electron chi connectivity index (χ1n) is 11.3. The van der Waals surface area contributed by atoms with Crippen LogP contribution in [0.4, 0.5) is 0 Å². The summed E-state index contributed by atoms with van der Waals surface area (Å²) < 4.78 is 2.59. The molecule has 1 N–H and O–H groups in total. The van der Waals surface area contributed by atoms with Crippen LogP contribution < -0.4 is 4.57 Å². The number of fused-ring (bicyclic) bond motifs is 3.